The first-order valence-electron chi connectivity index (χ1n) is 13.1. The number of aromatic nitrogens is 2. The van der Waals surface area contributed by atoms with Crippen LogP contribution in [0, 0.1) is 11.7 Å². The Hall–Kier alpha value is -3.13. The zero-order valence-electron chi connectivity index (χ0n) is 21.4. The van der Waals surface area contributed by atoms with Crippen LogP contribution in [0.1, 0.15) is 43.2 Å². The maximum Gasteiger partial charge on any atom is 0.174 e. The van der Waals surface area contributed by atoms with Gasteiger partial charge in [-0.1, -0.05) is 36.2 Å². The van der Waals surface area contributed by atoms with Crippen molar-refractivity contribution in [1.82, 2.24) is 14.9 Å². The number of hydrogen-bond donors (Lipinski definition) is 1. The van der Waals surface area contributed by atoms with Crippen LogP contribution in [-0.4, -0.2) is 27.8 Å². The number of halogens is 3. The quantitative estimate of drug-likeness (QED) is 0.245. The molecular weight excluding hydrogens is 552 g/mol. The van der Waals surface area contributed by atoms with Gasteiger partial charge in [0.2, 0.25) is 0 Å². The van der Waals surface area contributed by atoms with Crippen molar-refractivity contribution in [3.63, 3.8) is 0 Å². The molecule has 4 aromatic rings. The molecule has 2 aromatic carbocycles. The van der Waals surface area contributed by atoms with Crippen molar-refractivity contribution in [3.05, 3.63) is 106 Å². The lowest BCUT2D eigenvalue weighted by Gasteiger charge is -2.33. The van der Waals surface area contributed by atoms with Gasteiger partial charge in [-0.05, 0) is 91.6 Å². The average molecular weight is 581 g/mol. The van der Waals surface area contributed by atoms with Gasteiger partial charge < -0.3 is 19.7 Å². The second kappa shape index (κ2) is 10.8. The third-order valence-electron chi connectivity index (χ3n) is 7.70. The number of anilines is 2. The van der Waals surface area contributed by atoms with Crippen LogP contribution < -0.4 is 15.1 Å². The summed E-state index contributed by atoms with van der Waals surface area (Å²) in [5, 5.41) is 4.85. The van der Waals surface area contributed by atoms with Crippen LogP contribution in [0.5, 0.6) is 0 Å². The molecule has 2 fully saturated rings. The Labute approximate surface area is 243 Å². The molecule has 6 rings (SSSR count). The van der Waals surface area contributed by atoms with E-state index in [1.165, 1.54) is 6.07 Å². The maximum atomic E-state index is 14.0. The van der Waals surface area contributed by atoms with Crippen molar-refractivity contribution in [1.29, 1.82) is 0 Å². The summed E-state index contributed by atoms with van der Waals surface area (Å²) >= 11 is 19.0. The topological polar surface area (TPSA) is 36.3 Å². The summed E-state index contributed by atoms with van der Waals surface area (Å²) in [7, 11) is 0. The lowest BCUT2D eigenvalue weighted by atomic mass is 9.98. The predicted molar refractivity (Wildman–Crippen MR) is 161 cm³/mol. The lowest BCUT2D eigenvalue weighted by Crippen LogP contribution is -2.33. The second-order valence-electron chi connectivity index (χ2n) is 10.2. The van der Waals surface area contributed by atoms with Crippen molar-refractivity contribution in [2.45, 2.75) is 31.8 Å². The number of thiocarbonyl (C=S) groups is 1. The smallest absolute Gasteiger partial charge is 0.174 e. The molecular formula is C30H28Cl2FN5S. The molecule has 4 heterocycles. The van der Waals surface area contributed by atoms with Crippen molar-refractivity contribution in [2.24, 2.45) is 5.92 Å². The van der Waals surface area contributed by atoms with Crippen LogP contribution in [0.4, 0.5) is 15.8 Å². The summed E-state index contributed by atoms with van der Waals surface area (Å²) in [6.07, 6.45) is 6.05. The minimum Gasteiger partial charge on any atom is -0.370 e. The highest BCUT2D eigenvalue weighted by atomic mass is 35.5. The third kappa shape index (κ3) is 4.99. The molecule has 0 bridgehead atoms. The van der Waals surface area contributed by atoms with E-state index in [9.17, 15) is 4.39 Å². The summed E-state index contributed by atoms with van der Waals surface area (Å²) in [5.74, 6) is 0.285. The van der Waals surface area contributed by atoms with Crippen LogP contribution in [0.15, 0.2) is 79.1 Å². The van der Waals surface area contributed by atoms with Crippen LogP contribution in [0.3, 0.4) is 0 Å². The van der Waals surface area contributed by atoms with E-state index in [1.807, 2.05) is 47.2 Å². The Morgan fingerprint density at radius 1 is 0.949 bits per heavy atom. The van der Waals surface area contributed by atoms with Gasteiger partial charge in [-0.15, -0.1) is 0 Å². The second-order valence-corrected chi connectivity index (χ2v) is 11.4. The van der Waals surface area contributed by atoms with E-state index in [0.717, 1.165) is 60.3 Å². The van der Waals surface area contributed by atoms with Crippen LogP contribution in [0.2, 0.25) is 10.0 Å². The molecule has 39 heavy (non-hydrogen) atoms. The van der Waals surface area contributed by atoms with Crippen LogP contribution in [-0.2, 0) is 0 Å². The molecule has 9 heteroatoms. The first-order chi connectivity index (χ1) is 18.9. The number of rotatable bonds is 5. The van der Waals surface area contributed by atoms with Crippen molar-refractivity contribution in [3.8, 4) is 5.69 Å². The third-order valence-corrected chi connectivity index (χ3v) is 8.60. The van der Waals surface area contributed by atoms with E-state index in [4.69, 9.17) is 35.4 Å². The van der Waals surface area contributed by atoms with E-state index in [-0.39, 0.29) is 17.1 Å². The molecule has 0 radical (unpaired) electrons. The summed E-state index contributed by atoms with van der Waals surface area (Å²) in [6, 6.07) is 20.3. The maximum absolute atomic E-state index is 14.0. The molecule has 1 N–H and O–H groups in total. The van der Waals surface area contributed by atoms with Gasteiger partial charge in [0.15, 0.2) is 5.11 Å². The molecule has 0 saturated carbocycles. The number of piperidine rings is 1. The SMILES string of the molecule is CC1CCN(c2ccc(N3C(=S)N[C@H](c4ccccn4)[C@@H]3c3cccn3-c3ccc(F)c(Cl)c3)cc2Cl)CC1. The highest BCUT2D eigenvalue weighted by molar-refractivity contribution is 7.80. The molecule has 200 valence electrons. The molecule has 2 aliphatic rings. The first-order valence-corrected chi connectivity index (χ1v) is 14.2. The Kier molecular flexibility index (Phi) is 7.23. The molecule has 5 nitrogen and oxygen atoms in total. The molecule has 0 unspecified atom stereocenters. The normalized spacial score (nSPS) is 19.9. The fourth-order valence-electron chi connectivity index (χ4n) is 5.59. The summed E-state index contributed by atoms with van der Waals surface area (Å²) in [6.45, 7) is 4.31. The molecule has 2 aromatic heterocycles. The summed E-state index contributed by atoms with van der Waals surface area (Å²) < 4.78 is 16.0. The number of nitrogens with zero attached hydrogens (tertiary/aromatic N) is 4. The molecule has 2 aliphatic heterocycles. The molecule has 0 amide bonds. The molecule has 0 aliphatic carbocycles. The lowest BCUT2D eigenvalue weighted by molar-refractivity contribution is 0.438. The Morgan fingerprint density at radius 2 is 1.72 bits per heavy atom. The van der Waals surface area contributed by atoms with E-state index >= 15 is 0 Å². The Bertz CT molecular complexity index is 1500. The van der Waals surface area contributed by atoms with E-state index in [0.29, 0.717) is 10.1 Å². The first kappa shape index (κ1) is 26.1. The van der Waals surface area contributed by atoms with E-state index in [1.54, 1.807) is 18.3 Å². The van der Waals surface area contributed by atoms with Crippen molar-refractivity contribution >= 4 is 51.9 Å². The molecule has 2 atom stereocenters. The minimum atomic E-state index is -0.455. The number of pyridine rings is 1. The number of hydrogen-bond acceptors (Lipinski definition) is 3. The van der Waals surface area contributed by atoms with Gasteiger partial charge in [0.05, 0.1) is 27.5 Å². The highest BCUT2D eigenvalue weighted by Crippen LogP contribution is 2.44. The summed E-state index contributed by atoms with van der Waals surface area (Å²) in [4.78, 5) is 9.11. The Balaban J connectivity index is 1.43. The zero-order valence-corrected chi connectivity index (χ0v) is 23.7. The van der Waals surface area contributed by atoms with Gasteiger partial charge in [0.25, 0.3) is 0 Å². The molecule has 0 spiro atoms. The van der Waals surface area contributed by atoms with Crippen LogP contribution in [0.25, 0.3) is 5.69 Å². The predicted octanol–water partition coefficient (Wildman–Crippen LogP) is 7.73. The average Bonchev–Trinajstić information content (AvgIpc) is 3.55. The standard InChI is InChI=1S/C30H28Cl2FN5S/c1-19-11-15-36(16-12-19)26-10-8-21(18-23(26)32)38-29(28(35-30(38)39)25-5-2-3-13-34-25)27-6-4-14-37(27)20-7-9-24(33)22(31)17-20/h2-10,13-14,17-19,28-29H,11-12,15-16H2,1H3,(H,35,39)/t28-,29+/m1/s1. The Morgan fingerprint density at radius 3 is 2.44 bits per heavy atom. The summed E-state index contributed by atoms with van der Waals surface area (Å²) in [5.41, 5.74) is 4.51. The monoisotopic (exact) mass is 579 g/mol. The number of nitrogens with one attached hydrogen (secondary N) is 1. The van der Waals surface area contributed by atoms with E-state index in [2.05, 4.69) is 39.2 Å². The van der Waals surface area contributed by atoms with Gasteiger partial charge in [0.1, 0.15) is 11.9 Å². The molecule has 2 saturated heterocycles. The van der Waals surface area contributed by atoms with Crippen LogP contribution >= 0.6 is 35.4 Å². The van der Waals surface area contributed by atoms with Crippen molar-refractivity contribution < 1.29 is 4.39 Å². The van der Waals surface area contributed by atoms with E-state index < -0.39 is 5.82 Å². The van der Waals surface area contributed by atoms with Crippen molar-refractivity contribution in [2.75, 3.05) is 22.9 Å². The van der Waals surface area contributed by atoms with Gasteiger partial charge in [0, 0.05) is 42.6 Å². The van der Waals surface area contributed by atoms with Gasteiger partial charge in [-0.3, -0.25) is 4.98 Å². The fourth-order valence-corrected chi connectivity index (χ4v) is 6.41. The highest BCUT2D eigenvalue weighted by Gasteiger charge is 2.42. The number of benzene rings is 2. The van der Waals surface area contributed by atoms with Gasteiger partial charge in [-0.25, -0.2) is 4.39 Å². The van der Waals surface area contributed by atoms with Gasteiger partial charge >= 0.3 is 0 Å². The zero-order chi connectivity index (χ0) is 27.1. The fraction of sp³-hybridized carbons (Fsp3) is 0.267. The minimum absolute atomic E-state index is 0.0693. The largest absolute Gasteiger partial charge is 0.370 e. The van der Waals surface area contributed by atoms with Gasteiger partial charge in [-0.2, -0.15) is 0 Å².